The van der Waals surface area contributed by atoms with E-state index in [2.05, 4.69) is 149 Å². The number of carbonyl (C=O) groups is 1. The summed E-state index contributed by atoms with van der Waals surface area (Å²) in [5, 5.41) is 78.6. The van der Waals surface area contributed by atoms with E-state index in [1.807, 2.05) is 24.3 Å². The number of carbonyl (C=O) groups excluding carboxylic acids is 1. The quantitative estimate of drug-likeness (QED) is 0.0925. The molecule has 0 atom stereocenters. The molecule has 3 aromatic rings. The van der Waals surface area contributed by atoms with Crippen LogP contribution in [-0.2, 0) is 4.84 Å². The lowest BCUT2D eigenvalue weighted by Gasteiger charge is -2.17. The van der Waals surface area contributed by atoms with E-state index in [0.29, 0.717) is 17.1 Å². The number of anilines is 1. The molecule has 0 unspecified atom stereocenters. The van der Waals surface area contributed by atoms with Gasteiger partial charge in [0.1, 0.15) is 0 Å². The zero-order valence-electron chi connectivity index (χ0n) is 26.8. The molecule has 0 bridgehead atoms. The van der Waals surface area contributed by atoms with Crippen LogP contribution in [-0.4, -0.2) is 26.6 Å². The van der Waals surface area contributed by atoms with E-state index in [4.69, 9.17) is 0 Å². The Kier molecular flexibility index (Phi) is 17.3. The Morgan fingerprint density at radius 1 is 0.510 bits per heavy atom. The van der Waals surface area contributed by atoms with Gasteiger partial charge < -0.3 is 4.90 Å². The van der Waals surface area contributed by atoms with Gasteiger partial charge in [-0.1, -0.05) is 6.92 Å². The third-order valence-corrected chi connectivity index (χ3v) is 5.29. The fraction of sp³-hybridized carbons (Fsp3) is 0.208. The van der Waals surface area contributed by atoms with Gasteiger partial charge in [0.15, 0.2) is 0 Å². The third-order valence-electron chi connectivity index (χ3n) is 5.29. The van der Waals surface area contributed by atoms with Gasteiger partial charge in [-0.15, -0.1) is 0 Å². The van der Waals surface area contributed by atoms with E-state index < -0.39 is 5.97 Å². The lowest BCUT2D eigenvalue weighted by Crippen LogP contribution is -2.17. The average molecular weight is 696 g/mol. The number of nitrogens with zero attached hydrogens (tertiary/aromatic N) is 25. The number of benzene rings is 3. The Labute approximate surface area is 286 Å². The molecule has 0 saturated carbocycles. The smallest absolute Gasteiger partial charge is 0.367 e. The Morgan fingerprint density at radius 2 is 0.843 bits per heavy atom. The van der Waals surface area contributed by atoms with Crippen LogP contribution in [0.4, 0.5) is 28.4 Å². The van der Waals surface area contributed by atoms with Crippen LogP contribution in [0.5, 0.6) is 0 Å². The van der Waals surface area contributed by atoms with Crippen molar-refractivity contribution in [1.82, 2.24) is 0 Å². The second kappa shape index (κ2) is 23.4. The summed E-state index contributed by atoms with van der Waals surface area (Å²) in [7, 11) is 3.44. The largest absolute Gasteiger partial charge is 0.375 e. The van der Waals surface area contributed by atoms with Gasteiger partial charge >= 0.3 is 5.97 Å². The Hall–Kier alpha value is -7.87. The van der Waals surface area contributed by atoms with E-state index in [-0.39, 0.29) is 5.56 Å². The fourth-order valence-corrected chi connectivity index (χ4v) is 3.17. The molecule has 27 nitrogen and oxygen atoms in total. The standard InChI is InChI=1S/C24H25N25O2/c1-4-17-49(3)23-15-13-22(14-16-23)29-28-21-11-9-20(10-12-21)27-26-19-7-5-18(6-8-19)24(50)51-48-47-46-45-44-43-42-41-40-39-38-37-36-35-34-33-32-31-30-25-2/h5-16H,4,17H2,1-3H3. The summed E-state index contributed by atoms with van der Waals surface area (Å²) in [6.07, 6.45) is 1.07. The van der Waals surface area contributed by atoms with Crippen molar-refractivity contribution in [2.24, 2.45) is 125 Å². The first-order chi connectivity index (χ1) is 25.1. The fourth-order valence-electron chi connectivity index (χ4n) is 3.17. The molecular weight excluding hydrogens is 670 g/mol. The molecule has 0 spiro atoms. The summed E-state index contributed by atoms with van der Waals surface area (Å²) >= 11 is 0. The molecular formula is C24H25N25O2. The minimum Gasteiger partial charge on any atom is -0.375 e. The van der Waals surface area contributed by atoms with Crippen LogP contribution >= 0.6 is 0 Å². The van der Waals surface area contributed by atoms with E-state index in [1.54, 1.807) is 36.4 Å². The summed E-state index contributed by atoms with van der Waals surface area (Å²) in [5.74, 6) is -0.812. The van der Waals surface area contributed by atoms with Crippen molar-refractivity contribution in [1.29, 1.82) is 0 Å². The molecule has 0 amide bonds. The van der Waals surface area contributed by atoms with E-state index >= 15 is 0 Å². The van der Waals surface area contributed by atoms with Gasteiger partial charge in [-0.05, 0) is 121 Å². The van der Waals surface area contributed by atoms with Crippen molar-refractivity contribution in [3.05, 3.63) is 78.4 Å². The summed E-state index contributed by atoms with van der Waals surface area (Å²) in [4.78, 5) is 18.9. The molecule has 0 aliphatic heterocycles. The number of azo groups is 2. The highest BCUT2D eigenvalue weighted by molar-refractivity contribution is 5.89. The second-order valence-electron chi connectivity index (χ2n) is 8.67. The lowest BCUT2D eigenvalue weighted by molar-refractivity contribution is 0.0475. The van der Waals surface area contributed by atoms with Gasteiger partial charge in [0.25, 0.3) is 0 Å². The van der Waals surface area contributed by atoms with Crippen LogP contribution in [0.1, 0.15) is 23.7 Å². The number of hydrogen-bond acceptors (Lipinski definition) is 9. The van der Waals surface area contributed by atoms with Gasteiger partial charge in [-0.3, -0.25) is 4.84 Å². The van der Waals surface area contributed by atoms with Gasteiger partial charge in [0.05, 0.1) is 40.6 Å². The van der Waals surface area contributed by atoms with Crippen molar-refractivity contribution in [2.45, 2.75) is 13.3 Å². The third kappa shape index (κ3) is 16.0. The van der Waals surface area contributed by atoms with Crippen molar-refractivity contribution in [3.8, 4) is 0 Å². The van der Waals surface area contributed by atoms with E-state index in [9.17, 15) is 4.79 Å². The summed E-state index contributed by atoms with van der Waals surface area (Å²) in [5.41, 5.74) is 3.81. The summed E-state index contributed by atoms with van der Waals surface area (Å²) in [6, 6.07) is 21.0. The van der Waals surface area contributed by atoms with Crippen LogP contribution < -0.4 is 4.90 Å². The van der Waals surface area contributed by atoms with Gasteiger partial charge in [0, 0.05) is 71.5 Å². The average Bonchev–Trinajstić information content (AvgIpc) is 3.16. The number of rotatable bonds is 18. The maximum atomic E-state index is 12.1. The molecule has 0 aliphatic carbocycles. The topological polar surface area (TPSA) is 326 Å². The molecule has 0 N–H and O–H groups in total. The molecule has 0 fully saturated rings. The Bertz CT molecular complexity index is 1860. The molecule has 0 aliphatic rings. The van der Waals surface area contributed by atoms with Crippen LogP contribution in [0.25, 0.3) is 0 Å². The van der Waals surface area contributed by atoms with Crippen LogP contribution in [0.3, 0.4) is 0 Å². The van der Waals surface area contributed by atoms with Crippen LogP contribution in [0.2, 0.25) is 0 Å². The highest BCUT2D eigenvalue weighted by Crippen LogP contribution is 2.25. The van der Waals surface area contributed by atoms with Crippen molar-refractivity contribution in [3.63, 3.8) is 0 Å². The molecule has 0 heterocycles. The van der Waals surface area contributed by atoms with Crippen molar-refractivity contribution >= 4 is 34.4 Å². The maximum absolute atomic E-state index is 12.1. The molecule has 27 heteroatoms. The van der Waals surface area contributed by atoms with Crippen molar-refractivity contribution in [2.75, 3.05) is 25.5 Å². The molecule has 0 saturated heterocycles. The molecule has 3 rings (SSSR count). The highest BCUT2D eigenvalue weighted by Gasteiger charge is 2.07. The van der Waals surface area contributed by atoms with Gasteiger partial charge in [0.2, 0.25) is 0 Å². The summed E-state index contributed by atoms with van der Waals surface area (Å²) in [6.45, 7) is 3.12. The van der Waals surface area contributed by atoms with Gasteiger partial charge in [-0.25, -0.2) is 4.79 Å². The monoisotopic (exact) mass is 695 g/mol. The first kappa shape index (κ1) is 37.6. The molecule has 3 aromatic carbocycles. The lowest BCUT2D eigenvalue weighted by atomic mass is 10.2. The maximum Gasteiger partial charge on any atom is 0.367 e. The number of hydrogen-bond donors (Lipinski definition) is 0. The van der Waals surface area contributed by atoms with Gasteiger partial charge in [-0.2, -0.15) is 25.6 Å². The SMILES string of the molecule is CCCN(C)c1ccc(N=Nc2ccc(N=Nc3ccc(C(=O)ON=NN=NN=NN=NN=NN=NN=NN=NN=NN=NC)cc3)cc2)cc1. The predicted octanol–water partition coefficient (Wildman–Crippen LogP) is 10.8. The Balaban J connectivity index is 1.35. The first-order valence-corrected chi connectivity index (χ1v) is 14.0. The van der Waals surface area contributed by atoms with E-state index in [1.165, 1.54) is 19.2 Å². The minimum atomic E-state index is -0.812. The minimum absolute atomic E-state index is 0.170. The van der Waals surface area contributed by atoms with Crippen LogP contribution in [0.15, 0.2) is 198 Å². The molecule has 0 aromatic heterocycles. The van der Waals surface area contributed by atoms with Crippen LogP contribution in [0, 0.1) is 0 Å². The predicted molar refractivity (Wildman–Crippen MR) is 171 cm³/mol. The zero-order valence-corrected chi connectivity index (χ0v) is 26.8. The Morgan fingerprint density at radius 3 is 1.22 bits per heavy atom. The molecule has 51 heavy (non-hydrogen) atoms. The molecule has 258 valence electrons. The zero-order chi connectivity index (χ0) is 36.2. The first-order valence-electron chi connectivity index (χ1n) is 14.0. The second-order valence-corrected chi connectivity index (χ2v) is 8.67. The van der Waals surface area contributed by atoms with Crippen molar-refractivity contribution < 1.29 is 9.63 Å². The summed E-state index contributed by atoms with van der Waals surface area (Å²) < 4.78 is 0. The molecule has 0 radical (unpaired) electrons. The highest BCUT2D eigenvalue weighted by atomic mass is 16.7. The normalized spacial score (nSPS) is 13.1. The van der Waals surface area contributed by atoms with E-state index in [0.717, 1.165) is 24.3 Å².